The van der Waals surface area contributed by atoms with Gasteiger partial charge in [-0.2, -0.15) is 0 Å². The molecule has 84 valence electrons. The lowest BCUT2D eigenvalue weighted by Crippen LogP contribution is -2.36. The molecule has 16 heavy (non-hydrogen) atoms. The Bertz CT molecular complexity index is 400. The molecule has 0 atom stereocenters. The Morgan fingerprint density at radius 3 is 2.31 bits per heavy atom. The topological polar surface area (TPSA) is 20.3 Å². The van der Waals surface area contributed by atoms with E-state index in [9.17, 15) is 4.79 Å². The van der Waals surface area contributed by atoms with Gasteiger partial charge in [0.05, 0.1) is 0 Å². The number of amides is 1. The van der Waals surface area contributed by atoms with Gasteiger partial charge in [-0.1, -0.05) is 23.8 Å². The third-order valence-corrected chi connectivity index (χ3v) is 3.10. The summed E-state index contributed by atoms with van der Waals surface area (Å²) in [4.78, 5) is 13.9. The lowest BCUT2D eigenvalue weighted by Gasteiger charge is -2.28. The molecule has 2 nitrogen and oxygen atoms in total. The molecular weight excluding hydrogens is 222 g/mol. The van der Waals surface area contributed by atoms with Crippen molar-refractivity contribution in [2.75, 3.05) is 13.1 Å². The molecule has 2 rings (SSSR count). The van der Waals surface area contributed by atoms with E-state index >= 15 is 0 Å². The van der Waals surface area contributed by atoms with Gasteiger partial charge in [0.25, 0.3) is 5.91 Å². The lowest BCUT2D eigenvalue weighted by molar-refractivity contribution is 0.0744. The summed E-state index contributed by atoms with van der Waals surface area (Å²) >= 11 is 5.78. The van der Waals surface area contributed by atoms with Crippen molar-refractivity contribution in [1.29, 1.82) is 0 Å². The Balaban J connectivity index is 2.07. The molecule has 1 fully saturated rings. The van der Waals surface area contributed by atoms with Crippen LogP contribution >= 0.6 is 11.6 Å². The molecule has 1 saturated heterocycles. The van der Waals surface area contributed by atoms with Crippen LogP contribution in [-0.2, 0) is 0 Å². The molecule has 0 bridgehead atoms. The highest BCUT2D eigenvalue weighted by molar-refractivity contribution is 6.30. The zero-order chi connectivity index (χ0) is 11.5. The second kappa shape index (κ2) is 4.71. The number of likely N-dealkylation sites (tertiary alicyclic amines) is 1. The minimum atomic E-state index is 0.0872. The van der Waals surface area contributed by atoms with Gasteiger partial charge in [0.1, 0.15) is 0 Å². The zero-order valence-corrected chi connectivity index (χ0v) is 9.83. The molecule has 0 aromatic heterocycles. The summed E-state index contributed by atoms with van der Waals surface area (Å²) in [6.45, 7) is 5.49. The molecule has 0 saturated carbocycles. The fourth-order valence-corrected chi connectivity index (χ4v) is 1.93. The number of halogens is 1. The number of carbonyl (C=O) groups excluding carboxylic acids is 1. The van der Waals surface area contributed by atoms with Gasteiger partial charge in [-0.15, -0.1) is 0 Å². The number of piperidine rings is 1. The van der Waals surface area contributed by atoms with Gasteiger partial charge >= 0.3 is 0 Å². The highest BCUT2D eigenvalue weighted by Gasteiger charge is 2.19. The van der Waals surface area contributed by atoms with Crippen molar-refractivity contribution in [3.8, 4) is 0 Å². The van der Waals surface area contributed by atoms with Crippen LogP contribution in [-0.4, -0.2) is 23.9 Å². The summed E-state index contributed by atoms with van der Waals surface area (Å²) in [6.07, 6.45) is 1.83. The summed E-state index contributed by atoms with van der Waals surface area (Å²) in [5.74, 6) is 0.0872. The summed E-state index contributed by atoms with van der Waals surface area (Å²) in [5, 5.41) is 0.656. The third-order valence-electron chi connectivity index (χ3n) is 2.85. The molecular formula is C13H14ClNO. The minimum absolute atomic E-state index is 0.0872. The van der Waals surface area contributed by atoms with Crippen LogP contribution in [0, 0.1) is 0 Å². The van der Waals surface area contributed by atoms with Crippen LogP contribution in [0.5, 0.6) is 0 Å². The van der Waals surface area contributed by atoms with Crippen LogP contribution in [0.1, 0.15) is 23.2 Å². The first-order chi connectivity index (χ1) is 7.66. The van der Waals surface area contributed by atoms with Crippen molar-refractivity contribution in [2.45, 2.75) is 12.8 Å². The Kier molecular flexibility index (Phi) is 3.30. The standard InChI is InChI=1S/C13H14ClNO/c1-10-6-8-15(9-7-10)13(16)11-2-4-12(14)5-3-11/h2-5H,1,6-9H2. The van der Waals surface area contributed by atoms with Gasteiger partial charge in [0.2, 0.25) is 0 Å². The predicted molar refractivity (Wildman–Crippen MR) is 65.7 cm³/mol. The smallest absolute Gasteiger partial charge is 0.253 e. The highest BCUT2D eigenvalue weighted by atomic mass is 35.5. The first-order valence-corrected chi connectivity index (χ1v) is 5.76. The van der Waals surface area contributed by atoms with Crippen molar-refractivity contribution < 1.29 is 4.79 Å². The van der Waals surface area contributed by atoms with Crippen LogP contribution in [0.4, 0.5) is 0 Å². The van der Waals surface area contributed by atoms with Gasteiger partial charge < -0.3 is 4.90 Å². The molecule has 1 aromatic rings. The number of rotatable bonds is 1. The molecule has 0 radical (unpaired) electrons. The second-order valence-electron chi connectivity index (χ2n) is 4.05. The van der Waals surface area contributed by atoms with Gasteiger partial charge in [-0.05, 0) is 37.1 Å². The fraction of sp³-hybridized carbons (Fsp3) is 0.308. The maximum Gasteiger partial charge on any atom is 0.253 e. The maximum atomic E-state index is 12.1. The zero-order valence-electron chi connectivity index (χ0n) is 9.08. The largest absolute Gasteiger partial charge is 0.338 e. The third kappa shape index (κ3) is 2.45. The SMILES string of the molecule is C=C1CCN(C(=O)c2ccc(Cl)cc2)CC1. The first-order valence-electron chi connectivity index (χ1n) is 5.38. The quantitative estimate of drug-likeness (QED) is 0.685. The van der Waals surface area contributed by atoms with Crippen molar-refractivity contribution in [3.63, 3.8) is 0 Å². The molecule has 1 aliphatic heterocycles. The summed E-state index contributed by atoms with van der Waals surface area (Å²) in [7, 11) is 0. The normalized spacial score (nSPS) is 16.3. The molecule has 0 spiro atoms. The maximum absolute atomic E-state index is 12.1. The van der Waals surface area contributed by atoms with Gasteiger partial charge in [0.15, 0.2) is 0 Å². The van der Waals surface area contributed by atoms with Gasteiger partial charge in [0, 0.05) is 23.7 Å². The molecule has 1 heterocycles. The Morgan fingerprint density at radius 1 is 1.19 bits per heavy atom. The van der Waals surface area contributed by atoms with E-state index in [1.165, 1.54) is 5.57 Å². The van der Waals surface area contributed by atoms with E-state index in [1.54, 1.807) is 24.3 Å². The number of hydrogen-bond acceptors (Lipinski definition) is 1. The molecule has 1 aliphatic rings. The van der Waals surface area contributed by atoms with Crippen LogP contribution in [0.25, 0.3) is 0 Å². The van der Waals surface area contributed by atoms with Crippen LogP contribution in [0.2, 0.25) is 5.02 Å². The molecule has 1 amide bonds. The lowest BCUT2D eigenvalue weighted by atomic mass is 10.0. The van der Waals surface area contributed by atoms with Crippen molar-refractivity contribution >= 4 is 17.5 Å². The molecule has 0 unspecified atom stereocenters. The number of benzene rings is 1. The van der Waals surface area contributed by atoms with Crippen LogP contribution in [0.15, 0.2) is 36.4 Å². The van der Waals surface area contributed by atoms with Gasteiger partial charge in [-0.25, -0.2) is 0 Å². The predicted octanol–water partition coefficient (Wildman–Crippen LogP) is 3.13. The van der Waals surface area contributed by atoms with Crippen LogP contribution in [0.3, 0.4) is 0 Å². The van der Waals surface area contributed by atoms with E-state index < -0.39 is 0 Å². The fourth-order valence-electron chi connectivity index (χ4n) is 1.80. The van der Waals surface area contributed by atoms with E-state index in [-0.39, 0.29) is 5.91 Å². The number of hydrogen-bond donors (Lipinski definition) is 0. The Labute approximate surface area is 101 Å². The molecule has 0 N–H and O–H groups in total. The summed E-state index contributed by atoms with van der Waals surface area (Å²) in [6, 6.07) is 7.04. The van der Waals surface area contributed by atoms with Gasteiger partial charge in [-0.3, -0.25) is 4.79 Å². The molecule has 0 aliphatic carbocycles. The average Bonchev–Trinajstić information content (AvgIpc) is 2.30. The van der Waals surface area contributed by atoms with Crippen molar-refractivity contribution in [2.24, 2.45) is 0 Å². The van der Waals surface area contributed by atoms with Crippen molar-refractivity contribution in [3.05, 3.63) is 47.0 Å². The first kappa shape index (κ1) is 11.2. The highest BCUT2D eigenvalue weighted by Crippen LogP contribution is 2.17. The molecule has 1 aromatic carbocycles. The Morgan fingerprint density at radius 2 is 1.75 bits per heavy atom. The van der Waals surface area contributed by atoms with E-state index in [0.717, 1.165) is 25.9 Å². The molecule has 3 heteroatoms. The van der Waals surface area contributed by atoms with E-state index in [1.807, 2.05) is 4.90 Å². The van der Waals surface area contributed by atoms with E-state index in [4.69, 9.17) is 11.6 Å². The Hall–Kier alpha value is -1.28. The second-order valence-corrected chi connectivity index (χ2v) is 4.49. The summed E-state index contributed by atoms with van der Waals surface area (Å²) < 4.78 is 0. The van der Waals surface area contributed by atoms with Crippen molar-refractivity contribution in [1.82, 2.24) is 4.90 Å². The van der Waals surface area contributed by atoms with E-state index in [0.29, 0.717) is 10.6 Å². The average molecular weight is 236 g/mol. The van der Waals surface area contributed by atoms with Crippen LogP contribution < -0.4 is 0 Å². The summed E-state index contributed by atoms with van der Waals surface area (Å²) in [5.41, 5.74) is 1.94. The minimum Gasteiger partial charge on any atom is -0.338 e. The number of carbonyl (C=O) groups is 1. The number of nitrogens with zero attached hydrogens (tertiary/aromatic N) is 1. The van der Waals surface area contributed by atoms with E-state index in [2.05, 4.69) is 6.58 Å². The monoisotopic (exact) mass is 235 g/mol.